The topological polar surface area (TPSA) is 64.7 Å². The number of nitrogens with one attached hydrogen (secondary N) is 1. The third-order valence-electron chi connectivity index (χ3n) is 2.32. The minimum Gasteiger partial charge on any atom is -0.381 e. The number of rotatable bonds is 4. The van der Waals surface area contributed by atoms with Crippen molar-refractivity contribution in [2.75, 3.05) is 11.9 Å². The summed E-state index contributed by atoms with van der Waals surface area (Å²) in [4.78, 5) is 15.4. The molecule has 1 N–H and O–H groups in total. The number of anilines is 1. The summed E-state index contributed by atoms with van der Waals surface area (Å²) in [5.41, 5.74) is 0.245. The van der Waals surface area contributed by atoms with Crippen LogP contribution in [0.25, 0.3) is 0 Å². The fourth-order valence-corrected chi connectivity index (χ4v) is 1.61. The SMILES string of the molecule is Cn1ncc(NCCn2ccnc2)c(Cl)c1=O. The standard InChI is InChI=1S/C10H12ClN5O/c1-15-10(17)9(11)8(6-14-15)13-3-5-16-4-2-12-7-16/h2,4,6-7,13H,3,5H2,1H3. The van der Waals surface area contributed by atoms with Crippen LogP contribution in [0.5, 0.6) is 0 Å². The number of aryl methyl sites for hydroxylation is 1. The van der Waals surface area contributed by atoms with Crippen LogP contribution in [0.4, 0.5) is 5.69 Å². The third kappa shape index (κ3) is 2.65. The zero-order chi connectivity index (χ0) is 12.3. The van der Waals surface area contributed by atoms with Crippen LogP contribution in [0.15, 0.2) is 29.7 Å². The Labute approximate surface area is 103 Å². The maximum Gasteiger partial charge on any atom is 0.287 e. The second-order valence-electron chi connectivity index (χ2n) is 3.53. The van der Waals surface area contributed by atoms with Crippen LogP contribution in [0.1, 0.15) is 0 Å². The van der Waals surface area contributed by atoms with Gasteiger partial charge in [0.2, 0.25) is 0 Å². The molecule has 2 rings (SSSR count). The van der Waals surface area contributed by atoms with Crippen molar-refractivity contribution in [2.24, 2.45) is 7.05 Å². The van der Waals surface area contributed by atoms with E-state index in [0.717, 1.165) is 6.54 Å². The molecule has 0 bridgehead atoms. The molecule has 2 aromatic heterocycles. The second-order valence-corrected chi connectivity index (χ2v) is 3.91. The first-order valence-electron chi connectivity index (χ1n) is 5.10. The third-order valence-corrected chi connectivity index (χ3v) is 2.69. The molecule has 90 valence electrons. The lowest BCUT2D eigenvalue weighted by molar-refractivity contribution is 0.702. The van der Waals surface area contributed by atoms with Crippen LogP contribution in [0.3, 0.4) is 0 Å². The highest BCUT2D eigenvalue weighted by Crippen LogP contribution is 2.14. The number of halogens is 1. The molecular formula is C10H12ClN5O. The van der Waals surface area contributed by atoms with E-state index in [9.17, 15) is 4.79 Å². The van der Waals surface area contributed by atoms with Gasteiger partial charge in [-0.3, -0.25) is 4.79 Å². The molecule has 0 fully saturated rings. The maximum absolute atomic E-state index is 11.5. The first-order valence-corrected chi connectivity index (χ1v) is 5.47. The van der Waals surface area contributed by atoms with Gasteiger partial charge in [0.05, 0.1) is 18.2 Å². The molecule has 0 atom stereocenters. The van der Waals surface area contributed by atoms with Crippen molar-refractivity contribution in [2.45, 2.75) is 6.54 Å². The molecule has 0 aliphatic rings. The molecule has 0 radical (unpaired) electrons. The van der Waals surface area contributed by atoms with Gasteiger partial charge in [-0.25, -0.2) is 9.67 Å². The minimum atomic E-state index is -0.306. The summed E-state index contributed by atoms with van der Waals surface area (Å²) in [6.07, 6.45) is 6.85. The Hall–Kier alpha value is -1.82. The highest BCUT2D eigenvalue weighted by Gasteiger charge is 2.06. The van der Waals surface area contributed by atoms with Crippen molar-refractivity contribution >= 4 is 17.3 Å². The summed E-state index contributed by atoms with van der Waals surface area (Å²) in [6, 6.07) is 0. The Morgan fingerprint density at radius 1 is 1.53 bits per heavy atom. The largest absolute Gasteiger partial charge is 0.381 e. The Kier molecular flexibility index (Phi) is 3.43. The molecule has 7 heteroatoms. The van der Waals surface area contributed by atoms with E-state index >= 15 is 0 Å². The second kappa shape index (κ2) is 5.01. The summed E-state index contributed by atoms with van der Waals surface area (Å²) < 4.78 is 3.12. The molecule has 0 amide bonds. The molecule has 0 aliphatic heterocycles. The summed E-state index contributed by atoms with van der Waals surface area (Å²) in [7, 11) is 1.56. The predicted molar refractivity (Wildman–Crippen MR) is 65.2 cm³/mol. The smallest absolute Gasteiger partial charge is 0.287 e. The quantitative estimate of drug-likeness (QED) is 0.873. The van der Waals surface area contributed by atoms with E-state index in [1.165, 1.54) is 10.9 Å². The lowest BCUT2D eigenvalue weighted by atomic mass is 10.4. The average Bonchev–Trinajstić information content (AvgIpc) is 2.82. The molecule has 17 heavy (non-hydrogen) atoms. The van der Waals surface area contributed by atoms with Crippen molar-refractivity contribution in [3.8, 4) is 0 Å². The van der Waals surface area contributed by atoms with Crippen LogP contribution in [-0.2, 0) is 13.6 Å². The van der Waals surface area contributed by atoms with E-state index in [-0.39, 0.29) is 10.6 Å². The van der Waals surface area contributed by atoms with Gasteiger partial charge in [0.15, 0.2) is 0 Å². The van der Waals surface area contributed by atoms with Crippen LogP contribution < -0.4 is 10.9 Å². The van der Waals surface area contributed by atoms with E-state index in [2.05, 4.69) is 15.4 Å². The summed E-state index contributed by atoms with van der Waals surface area (Å²) in [6.45, 7) is 1.39. The zero-order valence-electron chi connectivity index (χ0n) is 9.30. The van der Waals surface area contributed by atoms with Crippen molar-refractivity contribution in [1.82, 2.24) is 19.3 Å². The lowest BCUT2D eigenvalue weighted by Crippen LogP contribution is -2.21. The normalized spacial score (nSPS) is 10.5. The summed E-state index contributed by atoms with van der Waals surface area (Å²) in [5, 5.41) is 7.12. The van der Waals surface area contributed by atoms with Crippen molar-refractivity contribution in [3.63, 3.8) is 0 Å². The van der Waals surface area contributed by atoms with Gasteiger partial charge < -0.3 is 9.88 Å². The first-order chi connectivity index (χ1) is 8.18. The Morgan fingerprint density at radius 3 is 3.06 bits per heavy atom. The molecule has 0 aromatic carbocycles. The van der Waals surface area contributed by atoms with Crippen LogP contribution in [0.2, 0.25) is 5.02 Å². The van der Waals surface area contributed by atoms with Crippen LogP contribution in [-0.4, -0.2) is 25.9 Å². The number of hydrogen-bond donors (Lipinski definition) is 1. The van der Waals surface area contributed by atoms with Crippen molar-refractivity contribution in [1.29, 1.82) is 0 Å². The van der Waals surface area contributed by atoms with Crippen LogP contribution in [0, 0.1) is 0 Å². The fourth-order valence-electron chi connectivity index (χ4n) is 1.37. The molecule has 0 spiro atoms. The van der Waals surface area contributed by atoms with Gasteiger partial charge in [0, 0.05) is 32.5 Å². The van der Waals surface area contributed by atoms with Gasteiger partial charge in [-0.05, 0) is 0 Å². The number of hydrogen-bond acceptors (Lipinski definition) is 4. The number of imidazole rings is 1. The lowest BCUT2D eigenvalue weighted by Gasteiger charge is -2.08. The van der Waals surface area contributed by atoms with Gasteiger partial charge in [-0.2, -0.15) is 5.10 Å². The molecule has 0 saturated carbocycles. The molecule has 2 aromatic rings. The van der Waals surface area contributed by atoms with Gasteiger partial charge in [-0.1, -0.05) is 11.6 Å². The molecule has 2 heterocycles. The first kappa shape index (κ1) is 11.7. The Balaban J connectivity index is 2.00. The molecule has 6 nitrogen and oxygen atoms in total. The monoisotopic (exact) mass is 253 g/mol. The summed E-state index contributed by atoms with van der Waals surface area (Å²) >= 11 is 5.90. The van der Waals surface area contributed by atoms with Crippen LogP contribution >= 0.6 is 11.6 Å². The molecule has 0 saturated heterocycles. The highest BCUT2D eigenvalue weighted by atomic mass is 35.5. The molecule has 0 unspecified atom stereocenters. The van der Waals surface area contributed by atoms with Gasteiger partial charge >= 0.3 is 0 Å². The van der Waals surface area contributed by atoms with E-state index in [4.69, 9.17) is 11.6 Å². The van der Waals surface area contributed by atoms with Gasteiger partial charge in [-0.15, -0.1) is 0 Å². The van der Waals surface area contributed by atoms with E-state index in [1.807, 2.05) is 10.8 Å². The van der Waals surface area contributed by atoms with E-state index < -0.39 is 0 Å². The fraction of sp³-hybridized carbons (Fsp3) is 0.300. The highest BCUT2D eigenvalue weighted by molar-refractivity contribution is 6.32. The van der Waals surface area contributed by atoms with E-state index in [1.54, 1.807) is 19.6 Å². The number of nitrogens with zero attached hydrogens (tertiary/aromatic N) is 4. The number of aromatic nitrogens is 4. The van der Waals surface area contributed by atoms with Gasteiger partial charge in [0.1, 0.15) is 5.02 Å². The van der Waals surface area contributed by atoms with E-state index in [0.29, 0.717) is 12.2 Å². The van der Waals surface area contributed by atoms with Gasteiger partial charge in [0.25, 0.3) is 5.56 Å². The molecule has 0 aliphatic carbocycles. The molecular weight excluding hydrogens is 242 g/mol. The zero-order valence-corrected chi connectivity index (χ0v) is 10.1. The minimum absolute atomic E-state index is 0.160. The Morgan fingerprint density at radius 2 is 2.35 bits per heavy atom. The van der Waals surface area contributed by atoms with Crippen molar-refractivity contribution < 1.29 is 0 Å². The average molecular weight is 254 g/mol. The summed E-state index contributed by atoms with van der Waals surface area (Å²) in [5.74, 6) is 0. The van der Waals surface area contributed by atoms with Crippen molar-refractivity contribution in [3.05, 3.63) is 40.3 Å². The Bertz CT molecular complexity index is 548. The predicted octanol–water partition coefficient (Wildman–Crippen LogP) is 0.742. The maximum atomic E-state index is 11.5.